The maximum absolute atomic E-state index is 11.5. The predicted molar refractivity (Wildman–Crippen MR) is 59.7 cm³/mol. The molecule has 15 heavy (non-hydrogen) atoms. The molecule has 0 saturated heterocycles. The molecule has 0 saturated carbocycles. The molecule has 0 aliphatic rings. The Labute approximate surface area is 91.9 Å². The fraction of sp³-hybridized carbons (Fsp3) is 0.900. The summed E-state index contributed by atoms with van der Waals surface area (Å²) in [6.45, 7) is 3.48. The van der Waals surface area contributed by atoms with Gasteiger partial charge in [-0.2, -0.15) is 0 Å². The number of methoxy groups -OCH3 is 1. The maximum atomic E-state index is 11.5. The average Bonchev–Trinajstić information content (AvgIpc) is 2.19. The molecule has 4 nitrogen and oxygen atoms in total. The molecular formula is C10H20O4S. The SMILES string of the molecule is CCC(OC)C(=O)CCCS(=O)(=O)CC. The number of carbonyl (C=O) groups is 1. The fourth-order valence-electron chi connectivity index (χ4n) is 1.30. The van der Waals surface area contributed by atoms with Crippen LogP contribution in [0.4, 0.5) is 0 Å². The molecule has 0 aliphatic heterocycles. The van der Waals surface area contributed by atoms with Gasteiger partial charge in [-0.1, -0.05) is 13.8 Å². The molecule has 0 radical (unpaired) electrons. The van der Waals surface area contributed by atoms with E-state index in [4.69, 9.17) is 4.74 Å². The summed E-state index contributed by atoms with van der Waals surface area (Å²) < 4.78 is 27.3. The van der Waals surface area contributed by atoms with Gasteiger partial charge in [0.05, 0.1) is 5.75 Å². The average molecular weight is 236 g/mol. The lowest BCUT2D eigenvalue weighted by molar-refractivity contribution is -0.128. The first-order valence-electron chi connectivity index (χ1n) is 5.22. The fourth-order valence-corrected chi connectivity index (χ4v) is 2.17. The van der Waals surface area contributed by atoms with Crippen LogP contribution in [0.3, 0.4) is 0 Å². The van der Waals surface area contributed by atoms with Crippen LogP contribution in [0.25, 0.3) is 0 Å². The van der Waals surface area contributed by atoms with Gasteiger partial charge in [-0.05, 0) is 12.8 Å². The number of ketones is 1. The van der Waals surface area contributed by atoms with E-state index < -0.39 is 9.84 Å². The first-order valence-corrected chi connectivity index (χ1v) is 7.04. The number of rotatable bonds is 8. The zero-order valence-corrected chi connectivity index (χ0v) is 10.5. The molecule has 0 aliphatic carbocycles. The second-order valence-corrected chi connectivity index (χ2v) is 5.91. The van der Waals surface area contributed by atoms with Crippen LogP contribution >= 0.6 is 0 Å². The summed E-state index contributed by atoms with van der Waals surface area (Å²) in [6, 6.07) is 0. The first kappa shape index (κ1) is 14.6. The lowest BCUT2D eigenvalue weighted by atomic mass is 10.1. The quantitative estimate of drug-likeness (QED) is 0.635. The second-order valence-electron chi connectivity index (χ2n) is 3.44. The summed E-state index contributed by atoms with van der Waals surface area (Å²) in [7, 11) is -1.45. The number of sulfone groups is 1. The van der Waals surface area contributed by atoms with E-state index in [0.29, 0.717) is 12.8 Å². The zero-order chi connectivity index (χ0) is 11.9. The van der Waals surface area contributed by atoms with E-state index in [1.54, 1.807) is 6.92 Å². The lowest BCUT2D eigenvalue weighted by Crippen LogP contribution is -2.22. The summed E-state index contributed by atoms with van der Waals surface area (Å²) in [4.78, 5) is 11.5. The molecule has 0 fully saturated rings. The Kier molecular flexibility index (Phi) is 6.76. The van der Waals surface area contributed by atoms with Gasteiger partial charge < -0.3 is 4.74 Å². The topological polar surface area (TPSA) is 60.4 Å². The highest BCUT2D eigenvalue weighted by atomic mass is 32.2. The van der Waals surface area contributed by atoms with Crippen LogP contribution in [0.5, 0.6) is 0 Å². The van der Waals surface area contributed by atoms with Crippen molar-refractivity contribution in [2.24, 2.45) is 0 Å². The number of hydrogen-bond donors (Lipinski definition) is 0. The number of hydrogen-bond acceptors (Lipinski definition) is 4. The van der Waals surface area contributed by atoms with Gasteiger partial charge >= 0.3 is 0 Å². The van der Waals surface area contributed by atoms with Gasteiger partial charge in [0.15, 0.2) is 5.78 Å². The third kappa shape index (κ3) is 5.89. The number of Topliss-reactive ketones (excluding diaryl/α,β-unsaturated/α-hetero) is 1. The predicted octanol–water partition coefficient (Wildman–Crippen LogP) is 1.20. The molecule has 0 aromatic carbocycles. The highest BCUT2D eigenvalue weighted by Gasteiger charge is 2.16. The molecule has 0 aromatic heterocycles. The van der Waals surface area contributed by atoms with Gasteiger partial charge in [0.2, 0.25) is 0 Å². The minimum Gasteiger partial charge on any atom is -0.374 e. The van der Waals surface area contributed by atoms with E-state index in [9.17, 15) is 13.2 Å². The van der Waals surface area contributed by atoms with Crippen LogP contribution in [0.1, 0.15) is 33.1 Å². The lowest BCUT2D eigenvalue weighted by Gasteiger charge is -2.11. The Morgan fingerprint density at radius 2 is 1.93 bits per heavy atom. The number of ether oxygens (including phenoxy) is 1. The molecule has 0 spiro atoms. The summed E-state index contributed by atoms with van der Waals surface area (Å²) in [5.74, 6) is 0.226. The van der Waals surface area contributed by atoms with Crippen molar-refractivity contribution >= 4 is 15.6 Å². The van der Waals surface area contributed by atoms with Crippen molar-refractivity contribution in [3.8, 4) is 0 Å². The Hall–Kier alpha value is -0.420. The van der Waals surface area contributed by atoms with E-state index in [1.165, 1.54) is 7.11 Å². The smallest absolute Gasteiger partial charge is 0.161 e. The maximum Gasteiger partial charge on any atom is 0.161 e. The van der Waals surface area contributed by atoms with Crippen LogP contribution in [-0.2, 0) is 19.4 Å². The Balaban J connectivity index is 3.92. The summed E-state index contributed by atoms with van der Waals surface area (Å²) in [5, 5.41) is 0. The summed E-state index contributed by atoms with van der Waals surface area (Å²) in [5.41, 5.74) is 0. The van der Waals surface area contributed by atoms with Gasteiger partial charge in [-0.3, -0.25) is 4.79 Å². The zero-order valence-electron chi connectivity index (χ0n) is 9.65. The van der Waals surface area contributed by atoms with Crippen molar-refractivity contribution in [3.05, 3.63) is 0 Å². The second kappa shape index (κ2) is 6.95. The number of carbonyl (C=O) groups excluding carboxylic acids is 1. The monoisotopic (exact) mass is 236 g/mol. The van der Waals surface area contributed by atoms with Crippen LogP contribution in [0, 0.1) is 0 Å². The van der Waals surface area contributed by atoms with Crippen LogP contribution in [0.2, 0.25) is 0 Å². The molecule has 0 heterocycles. The first-order chi connectivity index (χ1) is 6.96. The molecule has 0 aromatic rings. The van der Waals surface area contributed by atoms with E-state index in [-0.39, 0.29) is 29.8 Å². The molecule has 90 valence electrons. The van der Waals surface area contributed by atoms with Gasteiger partial charge in [0.1, 0.15) is 15.9 Å². The van der Waals surface area contributed by atoms with Crippen molar-refractivity contribution in [2.75, 3.05) is 18.6 Å². The van der Waals surface area contributed by atoms with Crippen molar-refractivity contribution in [2.45, 2.75) is 39.2 Å². The van der Waals surface area contributed by atoms with E-state index in [2.05, 4.69) is 0 Å². The standard InChI is InChI=1S/C10H20O4S/c1-4-10(14-3)9(11)7-6-8-15(12,13)5-2/h10H,4-8H2,1-3H3. The van der Waals surface area contributed by atoms with Gasteiger partial charge in [-0.15, -0.1) is 0 Å². The molecule has 0 amide bonds. The van der Waals surface area contributed by atoms with Crippen LogP contribution < -0.4 is 0 Å². The molecule has 1 unspecified atom stereocenters. The Bertz CT molecular complexity index is 278. The largest absolute Gasteiger partial charge is 0.374 e. The van der Waals surface area contributed by atoms with E-state index >= 15 is 0 Å². The van der Waals surface area contributed by atoms with Crippen molar-refractivity contribution in [1.29, 1.82) is 0 Å². The van der Waals surface area contributed by atoms with E-state index in [0.717, 1.165) is 0 Å². The minimum absolute atomic E-state index is 0.00805. The molecule has 5 heteroatoms. The van der Waals surface area contributed by atoms with Gasteiger partial charge in [0.25, 0.3) is 0 Å². The molecule has 1 atom stereocenters. The van der Waals surface area contributed by atoms with E-state index in [1.807, 2.05) is 6.92 Å². The van der Waals surface area contributed by atoms with Gasteiger partial charge in [0, 0.05) is 19.3 Å². The molecule has 0 N–H and O–H groups in total. The third-order valence-electron chi connectivity index (χ3n) is 2.33. The third-order valence-corrected chi connectivity index (χ3v) is 4.12. The summed E-state index contributed by atoms with van der Waals surface area (Å²) in [6.07, 6.45) is 0.936. The summed E-state index contributed by atoms with van der Waals surface area (Å²) >= 11 is 0. The molecule has 0 rings (SSSR count). The van der Waals surface area contributed by atoms with Crippen molar-refractivity contribution in [1.82, 2.24) is 0 Å². The minimum atomic E-state index is -2.95. The highest BCUT2D eigenvalue weighted by Crippen LogP contribution is 2.05. The molecule has 0 bridgehead atoms. The van der Waals surface area contributed by atoms with Crippen molar-refractivity contribution < 1.29 is 17.9 Å². The van der Waals surface area contributed by atoms with Gasteiger partial charge in [-0.25, -0.2) is 8.42 Å². The Morgan fingerprint density at radius 3 is 2.33 bits per heavy atom. The highest BCUT2D eigenvalue weighted by molar-refractivity contribution is 7.91. The Morgan fingerprint density at radius 1 is 1.33 bits per heavy atom. The van der Waals surface area contributed by atoms with Crippen molar-refractivity contribution in [3.63, 3.8) is 0 Å². The van der Waals surface area contributed by atoms with Crippen LogP contribution in [0.15, 0.2) is 0 Å². The molecular weight excluding hydrogens is 216 g/mol. The van der Waals surface area contributed by atoms with Crippen LogP contribution in [-0.4, -0.2) is 38.9 Å². The normalized spacial score (nSPS) is 13.8.